The average molecular weight is 359 g/mol. The Kier molecular flexibility index (Phi) is 4.61. The Morgan fingerprint density at radius 1 is 1.20 bits per heavy atom. The maximum Gasteiger partial charge on any atom is 0.234 e. The van der Waals surface area contributed by atoms with Crippen molar-refractivity contribution >= 4 is 17.2 Å². The van der Waals surface area contributed by atoms with Gasteiger partial charge in [-0.3, -0.25) is 4.79 Å². The van der Waals surface area contributed by atoms with E-state index < -0.39 is 0 Å². The quantitative estimate of drug-likeness (QED) is 0.818. The summed E-state index contributed by atoms with van der Waals surface area (Å²) < 4.78 is 19.0. The molecule has 0 unspecified atom stereocenters. The lowest BCUT2D eigenvalue weighted by atomic mass is 9.82. The number of hydrogen-bond acceptors (Lipinski definition) is 3. The van der Waals surface area contributed by atoms with Gasteiger partial charge in [0.15, 0.2) is 0 Å². The van der Waals surface area contributed by atoms with Crippen LogP contribution in [0.5, 0.6) is 0 Å². The van der Waals surface area contributed by atoms with Crippen molar-refractivity contribution in [1.82, 2.24) is 4.90 Å². The Hall–Kier alpha value is -1.72. The second kappa shape index (κ2) is 6.89. The highest BCUT2D eigenvalue weighted by Gasteiger charge is 2.46. The number of ether oxygens (including phenoxy) is 1. The van der Waals surface area contributed by atoms with Crippen molar-refractivity contribution in [1.29, 1.82) is 0 Å². The van der Waals surface area contributed by atoms with Gasteiger partial charge < -0.3 is 9.64 Å². The zero-order valence-electron chi connectivity index (χ0n) is 14.1. The molecular formula is C20H22FNO2S. The van der Waals surface area contributed by atoms with E-state index in [1.165, 1.54) is 17.0 Å². The van der Waals surface area contributed by atoms with Crippen molar-refractivity contribution in [2.24, 2.45) is 0 Å². The van der Waals surface area contributed by atoms with Gasteiger partial charge in [-0.1, -0.05) is 31.0 Å². The standard InChI is InChI=1S/C20H22FNO2S/c21-16-7-5-15(6-8-16)17-14-22(11-12-24-17)19(23)20(9-1-2-10-20)18-4-3-13-25-18/h3-8,13,17H,1-2,9-12,14H2/t17-/m0/s1. The van der Waals surface area contributed by atoms with Crippen LogP contribution >= 0.6 is 11.3 Å². The molecule has 1 aliphatic carbocycles. The van der Waals surface area contributed by atoms with Crippen molar-refractivity contribution in [2.45, 2.75) is 37.2 Å². The lowest BCUT2D eigenvalue weighted by Crippen LogP contribution is -2.50. The van der Waals surface area contributed by atoms with Gasteiger partial charge in [-0.05, 0) is 42.0 Å². The van der Waals surface area contributed by atoms with Gasteiger partial charge in [0.2, 0.25) is 5.91 Å². The van der Waals surface area contributed by atoms with E-state index in [2.05, 4.69) is 11.4 Å². The number of benzene rings is 1. The molecule has 25 heavy (non-hydrogen) atoms. The molecule has 2 aromatic rings. The van der Waals surface area contributed by atoms with Crippen LogP contribution in [0.3, 0.4) is 0 Å². The third-order valence-corrected chi connectivity index (χ3v) is 6.53. The van der Waals surface area contributed by atoms with Crippen LogP contribution in [-0.2, 0) is 14.9 Å². The number of carbonyl (C=O) groups excluding carboxylic acids is 1. The van der Waals surface area contributed by atoms with Gasteiger partial charge >= 0.3 is 0 Å². The summed E-state index contributed by atoms with van der Waals surface area (Å²) in [5, 5.41) is 2.06. The fourth-order valence-corrected chi connectivity index (χ4v) is 5.09. The molecule has 0 N–H and O–H groups in total. The number of amides is 1. The first-order valence-corrected chi connectivity index (χ1v) is 9.77. The van der Waals surface area contributed by atoms with E-state index in [1.807, 2.05) is 11.0 Å². The maximum absolute atomic E-state index is 13.5. The number of nitrogens with zero attached hydrogens (tertiary/aromatic N) is 1. The molecule has 132 valence electrons. The molecule has 1 saturated heterocycles. The minimum absolute atomic E-state index is 0.180. The zero-order valence-corrected chi connectivity index (χ0v) is 14.9. The van der Waals surface area contributed by atoms with E-state index in [0.29, 0.717) is 19.7 Å². The number of rotatable bonds is 3. The molecule has 1 aromatic heterocycles. The second-order valence-electron chi connectivity index (χ2n) is 6.93. The highest BCUT2D eigenvalue weighted by Crippen LogP contribution is 2.45. The highest BCUT2D eigenvalue weighted by atomic mass is 32.1. The first-order chi connectivity index (χ1) is 12.2. The minimum Gasteiger partial charge on any atom is -0.370 e. The van der Waals surface area contributed by atoms with Crippen molar-refractivity contribution in [2.75, 3.05) is 19.7 Å². The molecule has 4 rings (SSSR count). The fraction of sp³-hybridized carbons (Fsp3) is 0.450. The topological polar surface area (TPSA) is 29.5 Å². The molecule has 3 nitrogen and oxygen atoms in total. The van der Waals surface area contributed by atoms with Gasteiger partial charge in [-0.15, -0.1) is 11.3 Å². The van der Waals surface area contributed by atoms with Gasteiger partial charge in [-0.25, -0.2) is 4.39 Å². The molecule has 5 heteroatoms. The Morgan fingerprint density at radius 3 is 2.64 bits per heavy atom. The van der Waals surface area contributed by atoms with Crippen LogP contribution in [0, 0.1) is 5.82 Å². The number of thiophene rings is 1. The van der Waals surface area contributed by atoms with Gasteiger partial charge in [0.05, 0.1) is 18.6 Å². The smallest absolute Gasteiger partial charge is 0.234 e. The molecule has 0 radical (unpaired) electrons. The van der Waals surface area contributed by atoms with Crippen LogP contribution in [-0.4, -0.2) is 30.5 Å². The average Bonchev–Trinajstić information content (AvgIpc) is 3.34. The third-order valence-electron chi connectivity index (χ3n) is 5.45. The summed E-state index contributed by atoms with van der Waals surface area (Å²) in [7, 11) is 0. The molecule has 2 heterocycles. The molecule has 0 bridgehead atoms. The molecule has 1 saturated carbocycles. The normalized spacial score (nSPS) is 22.9. The summed E-state index contributed by atoms with van der Waals surface area (Å²) in [6.45, 7) is 1.69. The molecule has 1 aliphatic heterocycles. The van der Waals surface area contributed by atoms with Crippen molar-refractivity contribution in [3.05, 3.63) is 58.0 Å². The second-order valence-corrected chi connectivity index (χ2v) is 7.88. The highest BCUT2D eigenvalue weighted by molar-refractivity contribution is 7.10. The summed E-state index contributed by atoms with van der Waals surface area (Å²) >= 11 is 1.69. The first-order valence-electron chi connectivity index (χ1n) is 8.89. The van der Waals surface area contributed by atoms with Crippen LogP contribution in [0.15, 0.2) is 41.8 Å². The van der Waals surface area contributed by atoms with Crippen molar-refractivity contribution in [3.63, 3.8) is 0 Å². The predicted molar refractivity (Wildman–Crippen MR) is 96.1 cm³/mol. The molecular weight excluding hydrogens is 337 g/mol. The predicted octanol–water partition coefficient (Wildman–Crippen LogP) is 4.30. The van der Waals surface area contributed by atoms with Gasteiger partial charge in [0.25, 0.3) is 0 Å². The summed E-state index contributed by atoms with van der Waals surface area (Å²) in [5.74, 6) is -0.0158. The number of morpholine rings is 1. The van der Waals surface area contributed by atoms with E-state index in [-0.39, 0.29) is 23.2 Å². The first kappa shape index (κ1) is 16.7. The van der Waals surface area contributed by atoms with Gasteiger partial charge in [-0.2, -0.15) is 0 Å². The Labute approximate surface area is 151 Å². The maximum atomic E-state index is 13.5. The molecule has 0 spiro atoms. The van der Waals surface area contributed by atoms with Crippen LogP contribution in [0.25, 0.3) is 0 Å². The van der Waals surface area contributed by atoms with E-state index in [1.54, 1.807) is 23.5 Å². The monoisotopic (exact) mass is 359 g/mol. The molecule has 2 fully saturated rings. The van der Waals surface area contributed by atoms with Crippen molar-refractivity contribution in [3.8, 4) is 0 Å². The Morgan fingerprint density at radius 2 is 1.96 bits per heavy atom. The Balaban J connectivity index is 1.56. The van der Waals surface area contributed by atoms with Crippen LogP contribution in [0.1, 0.15) is 42.2 Å². The Bertz CT molecular complexity index is 723. The lowest BCUT2D eigenvalue weighted by molar-refractivity contribution is -0.145. The van der Waals surface area contributed by atoms with E-state index in [4.69, 9.17) is 4.74 Å². The SMILES string of the molecule is O=C(N1CCO[C@H](c2ccc(F)cc2)C1)C1(c2cccs2)CCCC1. The van der Waals surface area contributed by atoms with Crippen LogP contribution in [0.4, 0.5) is 4.39 Å². The summed E-state index contributed by atoms with van der Waals surface area (Å²) in [6, 6.07) is 10.5. The zero-order chi connectivity index (χ0) is 17.3. The van der Waals surface area contributed by atoms with Crippen LogP contribution < -0.4 is 0 Å². The van der Waals surface area contributed by atoms with Crippen LogP contribution in [0.2, 0.25) is 0 Å². The summed E-state index contributed by atoms with van der Waals surface area (Å²) in [5.41, 5.74) is 0.578. The fourth-order valence-electron chi connectivity index (χ4n) is 4.11. The number of halogens is 1. The third kappa shape index (κ3) is 3.11. The minimum atomic E-state index is -0.348. The van der Waals surface area contributed by atoms with Gasteiger partial charge in [0, 0.05) is 11.4 Å². The lowest BCUT2D eigenvalue weighted by Gasteiger charge is -2.39. The molecule has 1 atom stereocenters. The number of hydrogen-bond donors (Lipinski definition) is 0. The van der Waals surface area contributed by atoms with Crippen molar-refractivity contribution < 1.29 is 13.9 Å². The largest absolute Gasteiger partial charge is 0.370 e. The van der Waals surface area contributed by atoms with E-state index in [9.17, 15) is 9.18 Å². The summed E-state index contributed by atoms with van der Waals surface area (Å²) in [4.78, 5) is 16.6. The number of carbonyl (C=O) groups is 1. The molecule has 1 amide bonds. The van der Waals surface area contributed by atoms with E-state index >= 15 is 0 Å². The van der Waals surface area contributed by atoms with E-state index in [0.717, 1.165) is 31.2 Å². The molecule has 2 aliphatic rings. The van der Waals surface area contributed by atoms with Gasteiger partial charge in [0.1, 0.15) is 11.9 Å². The summed E-state index contributed by atoms with van der Waals surface area (Å²) in [6.07, 6.45) is 3.90. The molecule has 1 aromatic carbocycles.